The molecule has 0 bridgehead atoms. The van der Waals surface area contributed by atoms with E-state index < -0.39 is 0 Å². The van der Waals surface area contributed by atoms with Gasteiger partial charge in [0.1, 0.15) is 0 Å². The van der Waals surface area contributed by atoms with Gasteiger partial charge in [0.05, 0.1) is 0 Å². The van der Waals surface area contributed by atoms with Crippen LogP contribution in [0.3, 0.4) is 0 Å². The van der Waals surface area contributed by atoms with E-state index in [1.54, 1.807) is 4.90 Å². The van der Waals surface area contributed by atoms with Crippen molar-refractivity contribution in [1.82, 2.24) is 9.80 Å². The van der Waals surface area contributed by atoms with E-state index in [4.69, 9.17) is 11.6 Å². The molecule has 0 unspecified atom stereocenters. The zero-order valence-electron chi connectivity index (χ0n) is 10.0. The van der Waals surface area contributed by atoms with Crippen molar-refractivity contribution in [2.45, 2.75) is 13.0 Å². The minimum atomic E-state index is 0.235. The highest BCUT2D eigenvalue weighted by Crippen LogP contribution is 2.14. The van der Waals surface area contributed by atoms with Gasteiger partial charge in [-0.25, -0.2) is 0 Å². The van der Waals surface area contributed by atoms with Crippen LogP contribution in [0.5, 0.6) is 0 Å². The number of nitrogens with zero attached hydrogens (tertiary/aromatic N) is 2. The van der Waals surface area contributed by atoms with Gasteiger partial charge in [-0.2, -0.15) is 0 Å². The first-order valence-electron chi connectivity index (χ1n) is 5.86. The Labute approximate surface area is 107 Å². The molecule has 1 amide bonds. The van der Waals surface area contributed by atoms with E-state index >= 15 is 0 Å². The van der Waals surface area contributed by atoms with Crippen molar-refractivity contribution in [3.05, 3.63) is 34.9 Å². The van der Waals surface area contributed by atoms with Gasteiger partial charge in [0, 0.05) is 44.7 Å². The number of halogens is 1. The Bertz CT molecular complexity index is 408. The maximum absolute atomic E-state index is 11.5. The molecule has 0 spiro atoms. The highest BCUT2D eigenvalue weighted by atomic mass is 35.5. The lowest BCUT2D eigenvalue weighted by Crippen LogP contribution is -2.29. The molecule has 1 heterocycles. The molecule has 1 aromatic carbocycles. The third-order valence-corrected chi connectivity index (χ3v) is 3.35. The third-order valence-electron chi connectivity index (χ3n) is 3.11. The van der Waals surface area contributed by atoms with Crippen LogP contribution in [-0.2, 0) is 11.3 Å². The standard InChI is InChI=1S/C13H17ClN2O/c1-15-7-8-16(6-5-13(15)17)10-11-3-2-4-12(14)9-11/h2-4,9H,5-8,10H2,1H3. The van der Waals surface area contributed by atoms with Crippen LogP contribution in [0.15, 0.2) is 24.3 Å². The molecule has 0 atom stereocenters. The molecule has 4 heteroatoms. The third kappa shape index (κ3) is 3.45. The van der Waals surface area contributed by atoms with Crippen molar-refractivity contribution in [2.24, 2.45) is 0 Å². The van der Waals surface area contributed by atoms with E-state index in [0.29, 0.717) is 6.42 Å². The smallest absolute Gasteiger partial charge is 0.223 e. The molecule has 2 rings (SSSR count). The summed E-state index contributed by atoms with van der Waals surface area (Å²) in [6.07, 6.45) is 0.608. The summed E-state index contributed by atoms with van der Waals surface area (Å²) in [7, 11) is 1.87. The minimum absolute atomic E-state index is 0.235. The predicted molar refractivity (Wildman–Crippen MR) is 69.0 cm³/mol. The van der Waals surface area contributed by atoms with Crippen molar-refractivity contribution in [3.8, 4) is 0 Å². The SMILES string of the molecule is CN1CCN(Cc2cccc(Cl)c2)CCC1=O. The number of carbonyl (C=O) groups excluding carboxylic acids is 1. The normalized spacial score (nSPS) is 18.2. The molecule has 0 saturated carbocycles. The molecule has 1 aromatic rings. The number of carbonyl (C=O) groups is 1. The molecule has 0 radical (unpaired) electrons. The minimum Gasteiger partial charge on any atom is -0.344 e. The Morgan fingerprint density at radius 1 is 1.29 bits per heavy atom. The summed E-state index contributed by atoms with van der Waals surface area (Å²) in [6, 6.07) is 7.90. The maximum atomic E-state index is 11.5. The second-order valence-electron chi connectivity index (χ2n) is 4.47. The van der Waals surface area contributed by atoms with Crippen molar-refractivity contribution < 1.29 is 4.79 Å². The fourth-order valence-corrected chi connectivity index (χ4v) is 2.24. The molecule has 1 fully saturated rings. The van der Waals surface area contributed by atoms with Crippen LogP contribution < -0.4 is 0 Å². The zero-order valence-corrected chi connectivity index (χ0v) is 10.8. The molecular formula is C13H17ClN2O. The quantitative estimate of drug-likeness (QED) is 0.804. The summed E-state index contributed by atoms with van der Waals surface area (Å²) in [6.45, 7) is 3.42. The number of amides is 1. The van der Waals surface area contributed by atoms with Crippen LogP contribution in [0.2, 0.25) is 5.02 Å². The van der Waals surface area contributed by atoms with Gasteiger partial charge in [-0.15, -0.1) is 0 Å². The molecule has 0 N–H and O–H groups in total. The Morgan fingerprint density at radius 3 is 2.88 bits per heavy atom. The predicted octanol–water partition coefficient (Wildman–Crippen LogP) is 2.00. The van der Waals surface area contributed by atoms with Gasteiger partial charge in [0.25, 0.3) is 0 Å². The summed E-state index contributed by atoms with van der Waals surface area (Å²) >= 11 is 5.96. The van der Waals surface area contributed by atoms with Gasteiger partial charge in [0.2, 0.25) is 5.91 Å². The van der Waals surface area contributed by atoms with Gasteiger partial charge in [-0.05, 0) is 17.7 Å². The van der Waals surface area contributed by atoms with Crippen LogP contribution >= 0.6 is 11.6 Å². The Kier molecular flexibility index (Phi) is 4.02. The van der Waals surface area contributed by atoms with E-state index in [9.17, 15) is 4.79 Å². The fraction of sp³-hybridized carbons (Fsp3) is 0.462. The molecule has 1 aliphatic rings. The van der Waals surface area contributed by atoms with E-state index in [1.807, 2.05) is 25.2 Å². The van der Waals surface area contributed by atoms with Gasteiger partial charge in [0.15, 0.2) is 0 Å². The summed E-state index contributed by atoms with van der Waals surface area (Å²) in [5, 5.41) is 0.769. The first-order chi connectivity index (χ1) is 8.15. The second-order valence-corrected chi connectivity index (χ2v) is 4.91. The molecule has 1 saturated heterocycles. The number of rotatable bonds is 2. The lowest BCUT2D eigenvalue weighted by Gasteiger charge is -2.19. The molecule has 17 heavy (non-hydrogen) atoms. The first-order valence-corrected chi connectivity index (χ1v) is 6.24. The lowest BCUT2D eigenvalue weighted by molar-refractivity contribution is -0.129. The molecule has 1 aliphatic heterocycles. The Balaban J connectivity index is 1.97. The fourth-order valence-electron chi connectivity index (χ4n) is 2.02. The van der Waals surface area contributed by atoms with Crippen LogP contribution in [0.4, 0.5) is 0 Å². The summed E-state index contributed by atoms with van der Waals surface area (Å²) in [5.74, 6) is 0.235. The van der Waals surface area contributed by atoms with Gasteiger partial charge in [-0.3, -0.25) is 9.69 Å². The summed E-state index contributed by atoms with van der Waals surface area (Å²) in [4.78, 5) is 15.6. The van der Waals surface area contributed by atoms with Gasteiger partial charge in [-0.1, -0.05) is 23.7 Å². The molecule has 3 nitrogen and oxygen atoms in total. The van der Waals surface area contributed by atoms with E-state index in [-0.39, 0.29) is 5.91 Å². The van der Waals surface area contributed by atoms with Crippen molar-refractivity contribution in [1.29, 1.82) is 0 Å². The van der Waals surface area contributed by atoms with Crippen LogP contribution in [-0.4, -0.2) is 42.4 Å². The summed E-state index contributed by atoms with van der Waals surface area (Å²) < 4.78 is 0. The second kappa shape index (κ2) is 5.52. The van der Waals surface area contributed by atoms with Crippen molar-refractivity contribution in [2.75, 3.05) is 26.7 Å². The van der Waals surface area contributed by atoms with Crippen molar-refractivity contribution in [3.63, 3.8) is 0 Å². The summed E-state index contributed by atoms with van der Waals surface area (Å²) in [5.41, 5.74) is 1.20. The highest BCUT2D eigenvalue weighted by Gasteiger charge is 2.17. The zero-order chi connectivity index (χ0) is 12.3. The lowest BCUT2D eigenvalue weighted by atomic mass is 10.2. The van der Waals surface area contributed by atoms with Crippen LogP contribution in [0.1, 0.15) is 12.0 Å². The molecule has 92 valence electrons. The number of hydrogen-bond acceptors (Lipinski definition) is 2. The van der Waals surface area contributed by atoms with Gasteiger partial charge >= 0.3 is 0 Å². The van der Waals surface area contributed by atoms with E-state index in [0.717, 1.165) is 31.2 Å². The van der Waals surface area contributed by atoms with Crippen LogP contribution in [0.25, 0.3) is 0 Å². The number of likely N-dealkylation sites (N-methyl/N-ethyl adjacent to an activating group) is 1. The Hall–Kier alpha value is -1.06. The molecular weight excluding hydrogens is 236 g/mol. The number of hydrogen-bond donors (Lipinski definition) is 0. The highest BCUT2D eigenvalue weighted by molar-refractivity contribution is 6.30. The average molecular weight is 253 g/mol. The first kappa shape index (κ1) is 12.4. The van der Waals surface area contributed by atoms with Crippen molar-refractivity contribution >= 4 is 17.5 Å². The molecule has 0 aromatic heterocycles. The maximum Gasteiger partial charge on any atom is 0.223 e. The van der Waals surface area contributed by atoms with E-state index in [1.165, 1.54) is 5.56 Å². The molecule has 0 aliphatic carbocycles. The van der Waals surface area contributed by atoms with Crippen LogP contribution in [0, 0.1) is 0 Å². The monoisotopic (exact) mass is 252 g/mol. The Morgan fingerprint density at radius 2 is 2.12 bits per heavy atom. The van der Waals surface area contributed by atoms with Gasteiger partial charge < -0.3 is 4.90 Å². The average Bonchev–Trinajstić information content (AvgIpc) is 2.45. The number of benzene rings is 1. The van der Waals surface area contributed by atoms with E-state index in [2.05, 4.69) is 11.0 Å². The topological polar surface area (TPSA) is 23.6 Å². The largest absolute Gasteiger partial charge is 0.344 e.